The van der Waals surface area contributed by atoms with E-state index in [2.05, 4.69) is 76.2 Å². The highest BCUT2D eigenvalue weighted by Gasteiger charge is 2.25. The molecule has 0 radical (unpaired) electrons. The molecular weight excluding hydrogens is 390 g/mol. The summed E-state index contributed by atoms with van der Waals surface area (Å²) in [6, 6.07) is 25.1. The smallest absolute Gasteiger partial charge is 0.117 e. The molecule has 1 aliphatic heterocycles. The molecule has 1 aliphatic rings. The van der Waals surface area contributed by atoms with Crippen molar-refractivity contribution >= 4 is 17.1 Å². The number of halogens is 1. The molecule has 0 bridgehead atoms. The topological polar surface area (TPSA) is 20.5 Å². The molecule has 2 aromatic heterocycles. The molecule has 0 N–H and O–H groups in total. The largest absolute Gasteiger partial charge is 0.303 e. The Hall–Kier alpha value is -2.62. The van der Waals surface area contributed by atoms with E-state index in [1.54, 1.807) is 0 Å². The van der Waals surface area contributed by atoms with Gasteiger partial charge in [-0.2, -0.15) is 0 Å². The molecule has 0 amide bonds. The van der Waals surface area contributed by atoms with E-state index in [4.69, 9.17) is 16.6 Å². The molecule has 0 atom stereocenters. The van der Waals surface area contributed by atoms with Crippen LogP contribution < -0.4 is 0 Å². The minimum atomic E-state index is 0.494. The summed E-state index contributed by atoms with van der Waals surface area (Å²) in [6.07, 6.45) is 5.59. The minimum absolute atomic E-state index is 0.494. The fraction of sp³-hybridized carbons (Fsp3) is 0.269. The molecule has 4 aromatic rings. The van der Waals surface area contributed by atoms with Gasteiger partial charge in [0.25, 0.3) is 0 Å². The van der Waals surface area contributed by atoms with Gasteiger partial charge in [0.2, 0.25) is 0 Å². The molecule has 1 fully saturated rings. The van der Waals surface area contributed by atoms with Gasteiger partial charge in [-0.3, -0.25) is 0 Å². The molecule has 1 saturated heterocycles. The van der Waals surface area contributed by atoms with Crippen LogP contribution in [0.15, 0.2) is 79.0 Å². The van der Waals surface area contributed by atoms with E-state index in [0.717, 1.165) is 55.2 Å². The minimum Gasteiger partial charge on any atom is -0.303 e. The van der Waals surface area contributed by atoms with Crippen LogP contribution in [0.1, 0.15) is 30.1 Å². The van der Waals surface area contributed by atoms with E-state index in [1.807, 2.05) is 12.1 Å². The predicted octanol–water partition coefficient (Wildman–Crippen LogP) is 6.08. The molecule has 0 spiro atoms. The summed E-state index contributed by atoms with van der Waals surface area (Å²) in [7, 11) is 0. The number of likely N-dealkylation sites (tertiary alicyclic amines) is 1. The SMILES string of the molecule is Clc1ccc(-c2nc(C3CCN(CCc4ccccc4)CC3)n3ccccc23)cc1. The van der Waals surface area contributed by atoms with Gasteiger partial charge in [0.05, 0.1) is 11.2 Å². The summed E-state index contributed by atoms with van der Waals surface area (Å²) >= 11 is 6.09. The molecule has 3 heterocycles. The van der Waals surface area contributed by atoms with Crippen molar-refractivity contribution in [2.24, 2.45) is 0 Å². The highest BCUT2D eigenvalue weighted by molar-refractivity contribution is 6.30. The molecule has 0 unspecified atom stereocenters. The van der Waals surface area contributed by atoms with Crippen LogP contribution in [0.5, 0.6) is 0 Å². The van der Waals surface area contributed by atoms with Crippen molar-refractivity contribution < 1.29 is 0 Å². The first-order valence-corrected chi connectivity index (χ1v) is 11.1. The third kappa shape index (κ3) is 4.00. The van der Waals surface area contributed by atoms with Crippen LogP contribution in [0, 0.1) is 0 Å². The fourth-order valence-electron chi connectivity index (χ4n) is 4.52. The Bertz CT molecular complexity index is 1110. The lowest BCUT2D eigenvalue weighted by Crippen LogP contribution is -2.34. The summed E-state index contributed by atoms with van der Waals surface area (Å²) in [5, 5.41) is 0.755. The van der Waals surface area contributed by atoms with Gasteiger partial charge >= 0.3 is 0 Å². The Labute approximate surface area is 182 Å². The Kier molecular flexibility index (Phi) is 5.56. The Balaban J connectivity index is 1.33. The maximum absolute atomic E-state index is 6.09. The van der Waals surface area contributed by atoms with Crippen molar-refractivity contribution in [3.63, 3.8) is 0 Å². The van der Waals surface area contributed by atoms with Crippen molar-refractivity contribution in [3.05, 3.63) is 95.4 Å². The predicted molar refractivity (Wildman–Crippen MR) is 124 cm³/mol. The Morgan fingerprint density at radius 3 is 2.37 bits per heavy atom. The summed E-state index contributed by atoms with van der Waals surface area (Å²) in [5.41, 5.74) is 4.76. The number of hydrogen-bond donors (Lipinski definition) is 0. The zero-order valence-corrected chi connectivity index (χ0v) is 17.8. The third-order valence-corrected chi connectivity index (χ3v) is 6.46. The van der Waals surface area contributed by atoms with Gasteiger partial charge in [-0.15, -0.1) is 0 Å². The van der Waals surface area contributed by atoms with Crippen molar-refractivity contribution in [3.8, 4) is 11.3 Å². The lowest BCUT2D eigenvalue weighted by Gasteiger charge is -2.31. The quantitative estimate of drug-likeness (QED) is 0.394. The van der Waals surface area contributed by atoms with Crippen LogP contribution in [0.3, 0.4) is 0 Å². The number of pyridine rings is 1. The highest BCUT2D eigenvalue weighted by Crippen LogP contribution is 2.33. The monoisotopic (exact) mass is 415 g/mol. The van der Waals surface area contributed by atoms with Gasteiger partial charge < -0.3 is 9.30 Å². The van der Waals surface area contributed by atoms with Crippen molar-refractivity contribution in [2.45, 2.75) is 25.2 Å². The highest BCUT2D eigenvalue weighted by atomic mass is 35.5. The summed E-state index contributed by atoms with van der Waals surface area (Å²) in [5.74, 6) is 1.69. The Morgan fingerprint density at radius 2 is 1.60 bits per heavy atom. The summed E-state index contributed by atoms with van der Waals surface area (Å²) < 4.78 is 2.29. The molecule has 3 nitrogen and oxygen atoms in total. The van der Waals surface area contributed by atoms with E-state index >= 15 is 0 Å². The molecule has 2 aromatic carbocycles. The van der Waals surface area contributed by atoms with Crippen LogP contribution in [0.2, 0.25) is 5.02 Å². The fourth-order valence-corrected chi connectivity index (χ4v) is 4.64. The lowest BCUT2D eigenvalue weighted by molar-refractivity contribution is 0.211. The second kappa shape index (κ2) is 8.63. The van der Waals surface area contributed by atoms with Gasteiger partial charge in [0, 0.05) is 29.2 Å². The maximum Gasteiger partial charge on any atom is 0.117 e. The number of fused-ring (bicyclic) bond motifs is 1. The van der Waals surface area contributed by atoms with Crippen LogP contribution in [0.4, 0.5) is 0 Å². The lowest BCUT2D eigenvalue weighted by atomic mass is 9.95. The van der Waals surface area contributed by atoms with E-state index in [1.165, 1.54) is 16.9 Å². The first kappa shape index (κ1) is 19.3. The van der Waals surface area contributed by atoms with Crippen molar-refractivity contribution in [1.82, 2.24) is 14.3 Å². The molecule has 30 heavy (non-hydrogen) atoms. The molecular formula is C26H26ClN3. The van der Waals surface area contributed by atoms with Crippen molar-refractivity contribution in [1.29, 1.82) is 0 Å². The number of imidazole rings is 1. The first-order chi connectivity index (χ1) is 14.8. The average Bonchev–Trinajstić information content (AvgIpc) is 3.19. The van der Waals surface area contributed by atoms with E-state index in [9.17, 15) is 0 Å². The maximum atomic E-state index is 6.09. The standard InChI is InChI=1S/C26H26ClN3/c27-23-11-9-21(10-12-23)25-24-8-4-5-16-30(24)26(28-25)22-14-18-29(19-15-22)17-13-20-6-2-1-3-7-20/h1-12,16,22H,13-15,17-19H2. The number of aromatic nitrogens is 2. The second-order valence-corrected chi connectivity index (χ2v) is 8.57. The van der Waals surface area contributed by atoms with Crippen molar-refractivity contribution in [2.75, 3.05) is 19.6 Å². The zero-order valence-electron chi connectivity index (χ0n) is 17.0. The van der Waals surface area contributed by atoms with Gasteiger partial charge in [0.1, 0.15) is 5.82 Å². The van der Waals surface area contributed by atoms with Crippen LogP contribution in [-0.4, -0.2) is 33.9 Å². The number of benzene rings is 2. The molecule has 4 heteroatoms. The molecule has 152 valence electrons. The van der Waals surface area contributed by atoms with Gasteiger partial charge in [-0.25, -0.2) is 4.98 Å². The average molecular weight is 416 g/mol. The molecule has 0 saturated carbocycles. The van der Waals surface area contributed by atoms with Gasteiger partial charge in [-0.05, 0) is 62.2 Å². The molecule has 5 rings (SSSR count). The Morgan fingerprint density at radius 1 is 0.867 bits per heavy atom. The summed E-state index contributed by atoms with van der Waals surface area (Å²) in [4.78, 5) is 7.73. The number of rotatable bonds is 5. The second-order valence-electron chi connectivity index (χ2n) is 8.13. The van der Waals surface area contributed by atoms with E-state index < -0.39 is 0 Å². The van der Waals surface area contributed by atoms with E-state index in [0.29, 0.717) is 5.92 Å². The number of hydrogen-bond acceptors (Lipinski definition) is 2. The van der Waals surface area contributed by atoms with E-state index in [-0.39, 0.29) is 0 Å². The first-order valence-electron chi connectivity index (χ1n) is 10.8. The van der Waals surface area contributed by atoms with Crippen LogP contribution in [0.25, 0.3) is 16.8 Å². The summed E-state index contributed by atoms with van der Waals surface area (Å²) in [6.45, 7) is 3.40. The van der Waals surface area contributed by atoms with Crippen LogP contribution in [-0.2, 0) is 6.42 Å². The molecule has 0 aliphatic carbocycles. The van der Waals surface area contributed by atoms with Gasteiger partial charge in [0.15, 0.2) is 0 Å². The number of piperidine rings is 1. The number of nitrogens with zero attached hydrogens (tertiary/aromatic N) is 3. The normalized spacial score (nSPS) is 15.6. The third-order valence-electron chi connectivity index (χ3n) is 6.21. The van der Waals surface area contributed by atoms with Crippen LogP contribution >= 0.6 is 11.6 Å². The van der Waals surface area contributed by atoms with Gasteiger partial charge in [-0.1, -0.05) is 60.1 Å². The zero-order chi connectivity index (χ0) is 20.3.